The second-order valence-electron chi connectivity index (χ2n) is 5.53. The zero-order chi connectivity index (χ0) is 13.2. The Kier molecular flexibility index (Phi) is 3.28. The van der Waals surface area contributed by atoms with E-state index in [2.05, 4.69) is 78.7 Å². The number of H-pyrrole nitrogens is 1. The highest BCUT2D eigenvalue weighted by molar-refractivity contribution is 5.76. The van der Waals surface area contributed by atoms with Gasteiger partial charge in [0.1, 0.15) is 0 Å². The van der Waals surface area contributed by atoms with Crippen LogP contribution in [0.2, 0.25) is 0 Å². The first-order valence-electron chi connectivity index (χ1n) is 5.99. The highest BCUT2D eigenvalue weighted by Crippen LogP contribution is 2.27. The zero-order valence-corrected chi connectivity index (χ0v) is 11.2. The van der Waals surface area contributed by atoms with Crippen molar-refractivity contribution in [3.8, 4) is 0 Å². The van der Waals surface area contributed by atoms with Crippen LogP contribution in [0.4, 0.5) is 0 Å². The van der Waals surface area contributed by atoms with E-state index < -0.39 is 0 Å². The molecule has 1 N–H and O–H groups in total. The summed E-state index contributed by atoms with van der Waals surface area (Å²) in [6.07, 6.45) is 2.17. The van der Waals surface area contributed by atoms with E-state index in [1.165, 1.54) is 5.56 Å². The van der Waals surface area contributed by atoms with E-state index in [1.54, 1.807) is 0 Å². The Morgan fingerprint density at radius 3 is 2.33 bits per heavy atom. The van der Waals surface area contributed by atoms with Crippen molar-refractivity contribution in [2.24, 2.45) is 5.41 Å². The molecule has 2 aromatic rings. The maximum atomic E-state index is 4.08. The molecule has 1 aromatic carbocycles. The smallest absolute Gasteiger partial charge is 0.177 e. The van der Waals surface area contributed by atoms with Crippen molar-refractivity contribution < 1.29 is 0 Å². The fourth-order valence-corrected chi connectivity index (χ4v) is 1.72. The molecule has 0 unspecified atom stereocenters. The van der Waals surface area contributed by atoms with Crippen molar-refractivity contribution >= 4 is 5.57 Å². The molecule has 94 valence electrons. The number of aromatic nitrogens is 4. The van der Waals surface area contributed by atoms with Gasteiger partial charge in [0.25, 0.3) is 0 Å². The minimum atomic E-state index is 0.0564. The number of hydrogen-bond donors (Lipinski definition) is 1. The molecule has 1 heterocycles. The molecule has 0 aliphatic rings. The van der Waals surface area contributed by atoms with Crippen molar-refractivity contribution in [1.29, 1.82) is 0 Å². The molecule has 0 saturated heterocycles. The summed E-state index contributed by atoms with van der Waals surface area (Å²) in [5.74, 6) is 0.633. The van der Waals surface area contributed by atoms with Gasteiger partial charge in [-0.15, -0.1) is 10.2 Å². The van der Waals surface area contributed by atoms with E-state index in [0.29, 0.717) is 5.82 Å². The van der Waals surface area contributed by atoms with Gasteiger partial charge in [0.2, 0.25) is 5.82 Å². The summed E-state index contributed by atoms with van der Waals surface area (Å²) in [6, 6.07) is 8.35. The number of nitrogens with zero attached hydrogens (tertiary/aromatic N) is 3. The number of rotatable bonds is 2. The lowest BCUT2D eigenvalue weighted by atomic mass is 9.90. The van der Waals surface area contributed by atoms with E-state index in [0.717, 1.165) is 11.1 Å². The second-order valence-corrected chi connectivity index (χ2v) is 5.53. The molecule has 18 heavy (non-hydrogen) atoms. The van der Waals surface area contributed by atoms with Crippen molar-refractivity contribution in [3.63, 3.8) is 0 Å². The third-order valence-electron chi connectivity index (χ3n) is 2.53. The Morgan fingerprint density at radius 1 is 1.17 bits per heavy atom. The van der Waals surface area contributed by atoms with Crippen LogP contribution in [0.1, 0.15) is 37.7 Å². The minimum Gasteiger partial charge on any atom is -0.177 e. The summed E-state index contributed by atoms with van der Waals surface area (Å²) in [6.45, 7) is 8.54. The standard InChI is InChI=1S/C14H18N4/c1-10-5-7-11(8-6-10)12(9-14(2,3)4)13-15-17-18-16-13/h5-9H,1-4H3,(H,15,16,17,18)/b12-9+. The summed E-state index contributed by atoms with van der Waals surface area (Å²) in [5.41, 5.74) is 3.41. The normalized spacial score (nSPS) is 12.8. The van der Waals surface area contributed by atoms with E-state index in [1.807, 2.05) is 0 Å². The lowest BCUT2D eigenvalue weighted by molar-refractivity contribution is 0.545. The lowest BCUT2D eigenvalue weighted by Gasteiger charge is -2.15. The van der Waals surface area contributed by atoms with Crippen LogP contribution in [0.5, 0.6) is 0 Å². The van der Waals surface area contributed by atoms with Gasteiger partial charge in [-0.1, -0.05) is 56.7 Å². The summed E-state index contributed by atoms with van der Waals surface area (Å²) in [4.78, 5) is 0. The first-order valence-corrected chi connectivity index (χ1v) is 5.99. The fraction of sp³-hybridized carbons (Fsp3) is 0.357. The molecule has 0 atom stereocenters. The van der Waals surface area contributed by atoms with Gasteiger partial charge in [0.05, 0.1) is 0 Å². The average molecular weight is 242 g/mol. The van der Waals surface area contributed by atoms with Crippen LogP contribution in [0.3, 0.4) is 0 Å². The number of nitrogens with one attached hydrogen (secondary N) is 1. The number of aryl methyl sites for hydroxylation is 1. The molecule has 0 amide bonds. The third-order valence-corrected chi connectivity index (χ3v) is 2.53. The molecular weight excluding hydrogens is 224 g/mol. The summed E-state index contributed by atoms with van der Waals surface area (Å²) in [5, 5.41) is 14.3. The van der Waals surface area contributed by atoms with Crippen molar-refractivity contribution in [3.05, 3.63) is 47.3 Å². The van der Waals surface area contributed by atoms with Gasteiger partial charge < -0.3 is 0 Å². The van der Waals surface area contributed by atoms with Crippen LogP contribution in [0.25, 0.3) is 5.57 Å². The minimum absolute atomic E-state index is 0.0564. The van der Waals surface area contributed by atoms with Gasteiger partial charge in [0.15, 0.2) is 0 Å². The quantitative estimate of drug-likeness (QED) is 0.880. The van der Waals surface area contributed by atoms with Gasteiger partial charge in [-0.05, 0) is 23.1 Å². The van der Waals surface area contributed by atoms with Crippen molar-refractivity contribution in [2.75, 3.05) is 0 Å². The third kappa shape index (κ3) is 3.03. The fourth-order valence-electron chi connectivity index (χ4n) is 1.72. The summed E-state index contributed by atoms with van der Waals surface area (Å²) in [7, 11) is 0. The van der Waals surface area contributed by atoms with Crippen molar-refractivity contribution in [2.45, 2.75) is 27.7 Å². The molecule has 0 bridgehead atoms. The Hall–Kier alpha value is -1.97. The molecule has 0 radical (unpaired) electrons. The highest BCUT2D eigenvalue weighted by atomic mass is 15.5. The highest BCUT2D eigenvalue weighted by Gasteiger charge is 2.15. The molecule has 0 aliphatic carbocycles. The first kappa shape index (κ1) is 12.5. The number of benzene rings is 1. The van der Waals surface area contributed by atoms with Crippen LogP contribution in [-0.2, 0) is 0 Å². The molecule has 2 rings (SSSR count). The predicted octanol–water partition coefficient (Wildman–Crippen LogP) is 2.99. The molecule has 0 fully saturated rings. The molecule has 0 aliphatic heterocycles. The SMILES string of the molecule is Cc1ccc(/C(=C\C(C)(C)C)c2nn[nH]n2)cc1. The number of aromatic amines is 1. The predicted molar refractivity (Wildman–Crippen MR) is 71.9 cm³/mol. The van der Waals surface area contributed by atoms with Gasteiger partial charge >= 0.3 is 0 Å². The maximum Gasteiger partial charge on any atom is 0.204 e. The molecule has 0 saturated carbocycles. The Bertz CT molecular complexity index is 530. The average Bonchev–Trinajstić information content (AvgIpc) is 2.79. The number of tetrazole rings is 1. The largest absolute Gasteiger partial charge is 0.204 e. The van der Waals surface area contributed by atoms with E-state index in [9.17, 15) is 0 Å². The second kappa shape index (κ2) is 4.72. The Balaban J connectivity index is 2.50. The number of hydrogen-bond acceptors (Lipinski definition) is 3. The molecule has 4 nitrogen and oxygen atoms in total. The molecule has 4 heteroatoms. The van der Waals surface area contributed by atoms with E-state index >= 15 is 0 Å². The van der Waals surface area contributed by atoms with E-state index in [4.69, 9.17) is 0 Å². The van der Waals surface area contributed by atoms with Crippen molar-refractivity contribution in [1.82, 2.24) is 20.6 Å². The molecule has 0 spiro atoms. The Morgan fingerprint density at radius 2 is 1.83 bits per heavy atom. The van der Waals surface area contributed by atoms with Gasteiger partial charge in [0, 0.05) is 5.57 Å². The van der Waals surface area contributed by atoms with Crippen LogP contribution >= 0.6 is 0 Å². The maximum absolute atomic E-state index is 4.08. The monoisotopic (exact) mass is 242 g/mol. The lowest BCUT2D eigenvalue weighted by Crippen LogP contribution is -2.03. The zero-order valence-electron chi connectivity index (χ0n) is 11.2. The summed E-state index contributed by atoms with van der Waals surface area (Å²) >= 11 is 0. The van der Waals surface area contributed by atoms with Crippen LogP contribution in [0, 0.1) is 12.3 Å². The Labute approximate surface area is 107 Å². The van der Waals surface area contributed by atoms with Crippen LogP contribution in [-0.4, -0.2) is 20.6 Å². The van der Waals surface area contributed by atoms with Crippen LogP contribution in [0.15, 0.2) is 30.3 Å². The molecular formula is C14H18N4. The van der Waals surface area contributed by atoms with Gasteiger partial charge in [-0.3, -0.25) is 0 Å². The number of allylic oxidation sites excluding steroid dienone is 1. The first-order chi connectivity index (χ1) is 8.46. The van der Waals surface area contributed by atoms with Crippen LogP contribution < -0.4 is 0 Å². The van der Waals surface area contributed by atoms with Gasteiger partial charge in [-0.25, -0.2) is 0 Å². The molecule has 1 aromatic heterocycles. The van der Waals surface area contributed by atoms with Gasteiger partial charge in [-0.2, -0.15) is 5.21 Å². The topological polar surface area (TPSA) is 54.5 Å². The van der Waals surface area contributed by atoms with E-state index in [-0.39, 0.29) is 5.41 Å². The summed E-state index contributed by atoms with van der Waals surface area (Å²) < 4.78 is 0.